The number of likely N-dealkylation sites (tertiary alicyclic amines) is 1. The van der Waals surface area contributed by atoms with E-state index in [2.05, 4.69) is 36.7 Å². The van der Waals surface area contributed by atoms with E-state index in [1.165, 1.54) is 6.07 Å². The molecule has 1 atom stereocenters. The van der Waals surface area contributed by atoms with E-state index in [0.717, 1.165) is 36.3 Å². The predicted molar refractivity (Wildman–Crippen MR) is 149 cm³/mol. The molecule has 3 aliphatic rings. The predicted octanol–water partition coefficient (Wildman–Crippen LogP) is 5.05. The Morgan fingerprint density at radius 1 is 1.33 bits per heavy atom. The molecule has 1 amide bonds. The van der Waals surface area contributed by atoms with Crippen molar-refractivity contribution in [2.24, 2.45) is 0 Å². The van der Waals surface area contributed by atoms with Gasteiger partial charge in [0.25, 0.3) is 0 Å². The molecule has 206 valence electrons. The van der Waals surface area contributed by atoms with Crippen LogP contribution in [-0.2, 0) is 10.2 Å². The van der Waals surface area contributed by atoms with Crippen molar-refractivity contribution in [3.63, 3.8) is 0 Å². The van der Waals surface area contributed by atoms with E-state index in [9.17, 15) is 15.2 Å². The van der Waals surface area contributed by atoms with E-state index in [-0.39, 0.29) is 29.8 Å². The molecule has 39 heavy (non-hydrogen) atoms. The fourth-order valence-electron chi connectivity index (χ4n) is 6.19. The summed E-state index contributed by atoms with van der Waals surface area (Å²) in [5.74, 6) is 0.310. The summed E-state index contributed by atoms with van der Waals surface area (Å²) in [6.45, 7) is 10.6. The lowest BCUT2D eigenvalue weighted by Gasteiger charge is -2.41. The normalized spacial score (nSPS) is 22.4. The summed E-state index contributed by atoms with van der Waals surface area (Å²) in [6.07, 6.45) is 4.74. The van der Waals surface area contributed by atoms with Gasteiger partial charge in [0.15, 0.2) is 5.82 Å². The zero-order valence-corrected chi connectivity index (χ0v) is 22.8. The van der Waals surface area contributed by atoms with Crippen molar-refractivity contribution in [3.05, 3.63) is 65.6 Å². The maximum absolute atomic E-state index is 15.5. The van der Waals surface area contributed by atoms with Crippen LogP contribution >= 0.6 is 0 Å². The lowest BCUT2D eigenvalue weighted by atomic mass is 9.73. The van der Waals surface area contributed by atoms with E-state index < -0.39 is 5.41 Å². The molecule has 2 fully saturated rings. The average molecular weight is 533 g/mol. The highest BCUT2D eigenvalue weighted by molar-refractivity contribution is 6.06. The number of fused-ring (bicyclic) bond motifs is 2. The number of hydrogen-bond acceptors (Lipinski definition) is 6. The minimum Gasteiger partial charge on any atom is -0.492 e. The highest BCUT2D eigenvalue weighted by atomic mass is 19.1. The largest absolute Gasteiger partial charge is 0.492 e. The Morgan fingerprint density at radius 2 is 2.08 bits per heavy atom. The number of carbonyl (C=O) groups is 1. The Hall–Kier alpha value is -3.41. The number of nitrogens with zero attached hydrogens (tertiary/aromatic N) is 3. The SMILES string of the molecule is C=CN(c1c(F)cc(OCCN2CCC3(CC2)C(=O)Nc2ccc(C#N)cc23)cc1[C@H](C)CC)C1CC(O)C1. The molecule has 2 aromatic rings. The van der Waals surface area contributed by atoms with Gasteiger partial charge in [-0.2, -0.15) is 5.26 Å². The molecule has 2 aliphatic heterocycles. The number of hydrogen-bond donors (Lipinski definition) is 2. The molecule has 1 spiro atoms. The Kier molecular flexibility index (Phi) is 7.66. The van der Waals surface area contributed by atoms with Crippen molar-refractivity contribution >= 4 is 17.3 Å². The molecule has 1 saturated carbocycles. The summed E-state index contributed by atoms with van der Waals surface area (Å²) in [5.41, 5.74) is 3.13. The number of aliphatic hydroxyl groups is 1. The molecule has 1 saturated heterocycles. The van der Waals surface area contributed by atoms with Crippen LogP contribution in [0.4, 0.5) is 15.8 Å². The third-order valence-electron chi connectivity index (χ3n) is 8.88. The molecule has 2 aromatic carbocycles. The molecule has 0 radical (unpaired) electrons. The molecule has 2 N–H and O–H groups in total. The number of rotatable bonds is 9. The van der Waals surface area contributed by atoms with Gasteiger partial charge in [0.1, 0.15) is 12.4 Å². The number of amides is 1. The quantitative estimate of drug-likeness (QED) is 0.470. The summed E-state index contributed by atoms with van der Waals surface area (Å²) in [4.78, 5) is 17.1. The maximum Gasteiger partial charge on any atom is 0.235 e. The van der Waals surface area contributed by atoms with Gasteiger partial charge in [-0.1, -0.05) is 20.4 Å². The standard InChI is InChI=1S/C31H37FN4O3/c1-4-20(3)25-17-24(18-27(32)29(25)36(5-2)22-15-23(37)16-22)39-13-12-35-10-8-31(9-11-35)26-14-21(19-33)6-7-28(26)34-30(31)38/h5-7,14,17-18,20,22-23,37H,2,4,8-13,15-16H2,1,3H3,(H,34,38)/t20-,22?,23?/m1/s1. The maximum atomic E-state index is 15.5. The number of nitriles is 1. The minimum absolute atomic E-state index is 0.0154. The van der Waals surface area contributed by atoms with Crippen LogP contribution in [0, 0.1) is 17.1 Å². The summed E-state index contributed by atoms with van der Waals surface area (Å²) in [5, 5.41) is 22.1. The highest BCUT2D eigenvalue weighted by Crippen LogP contribution is 2.45. The van der Waals surface area contributed by atoms with Crippen LogP contribution in [0.3, 0.4) is 0 Å². The Balaban J connectivity index is 1.23. The lowest BCUT2D eigenvalue weighted by Crippen LogP contribution is -2.47. The van der Waals surface area contributed by atoms with E-state index in [1.54, 1.807) is 12.3 Å². The van der Waals surface area contributed by atoms with Gasteiger partial charge in [-0.25, -0.2) is 4.39 Å². The van der Waals surface area contributed by atoms with Gasteiger partial charge in [0, 0.05) is 24.3 Å². The number of nitrogens with one attached hydrogen (secondary N) is 1. The number of halogens is 1. The summed E-state index contributed by atoms with van der Waals surface area (Å²) < 4.78 is 21.6. The molecule has 7 nitrogen and oxygen atoms in total. The van der Waals surface area contributed by atoms with Crippen LogP contribution in [0.15, 0.2) is 43.1 Å². The van der Waals surface area contributed by atoms with Gasteiger partial charge in [-0.15, -0.1) is 0 Å². The smallest absolute Gasteiger partial charge is 0.235 e. The number of benzene rings is 2. The third kappa shape index (κ3) is 5.02. The highest BCUT2D eigenvalue weighted by Gasteiger charge is 2.48. The first-order valence-electron chi connectivity index (χ1n) is 13.9. The van der Waals surface area contributed by atoms with Gasteiger partial charge in [0.05, 0.1) is 28.8 Å². The Labute approximate surface area is 229 Å². The van der Waals surface area contributed by atoms with Crippen molar-refractivity contribution in [2.75, 3.05) is 36.5 Å². The van der Waals surface area contributed by atoms with Gasteiger partial charge in [-0.05, 0) is 92.7 Å². The fourth-order valence-corrected chi connectivity index (χ4v) is 6.19. The lowest BCUT2D eigenvalue weighted by molar-refractivity contribution is -0.122. The minimum atomic E-state index is -0.586. The van der Waals surface area contributed by atoms with Crippen LogP contribution in [-0.4, -0.2) is 54.3 Å². The second-order valence-corrected chi connectivity index (χ2v) is 11.1. The molecule has 8 heteroatoms. The van der Waals surface area contributed by atoms with Crippen LogP contribution in [0.2, 0.25) is 0 Å². The monoisotopic (exact) mass is 532 g/mol. The molecule has 0 unspecified atom stereocenters. The van der Waals surface area contributed by atoms with E-state index >= 15 is 4.39 Å². The van der Waals surface area contributed by atoms with Crippen molar-refractivity contribution in [2.45, 2.75) is 69.4 Å². The van der Waals surface area contributed by atoms with Gasteiger partial charge in [0.2, 0.25) is 5.91 Å². The fraction of sp³-hybridized carbons (Fsp3) is 0.484. The molecule has 5 rings (SSSR count). The van der Waals surface area contributed by atoms with Gasteiger partial charge < -0.3 is 20.1 Å². The molecule has 0 aromatic heterocycles. The first-order valence-corrected chi connectivity index (χ1v) is 13.9. The Morgan fingerprint density at radius 3 is 2.72 bits per heavy atom. The van der Waals surface area contributed by atoms with E-state index in [0.29, 0.717) is 55.8 Å². The molecular weight excluding hydrogens is 495 g/mol. The molecular formula is C31H37FN4O3. The second-order valence-electron chi connectivity index (χ2n) is 11.1. The number of ether oxygens (including phenoxy) is 1. The molecule has 0 bridgehead atoms. The van der Waals surface area contributed by atoms with E-state index in [1.807, 2.05) is 23.1 Å². The van der Waals surface area contributed by atoms with Crippen molar-refractivity contribution in [3.8, 4) is 11.8 Å². The van der Waals surface area contributed by atoms with Crippen molar-refractivity contribution in [1.82, 2.24) is 4.90 Å². The van der Waals surface area contributed by atoms with Crippen LogP contribution in [0.1, 0.15) is 68.6 Å². The molecule has 2 heterocycles. The van der Waals surface area contributed by atoms with Gasteiger partial charge >= 0.3 is 0 Å². The zero-order valence-electron chi connectivity index (χ0n) is 22.8. The summed E-state index contributed by atoms with van der Waals surface area (Å²) in [7, 11) is 0. The summed E-state index contributed by atoms with van der Waals surface area (Å²) in [6, 6.07) is 11.0. The van der Waals surface area contributed by atoms with Crippen LogP contribution < -0.4 is 15.0 Å². The topological polar surface area (TPSA) is 88.8 Å². The first-order chi connectivity index (χ1) is 18.8. The zero-order chi connectivity index (χ0) is 27.7. The summed E-state index contributed by atoms with van der Waals surface area (Å²) >= 11 is 0. The van der Waals surface area contributed by atoms with E-state index in [4.69, 9.17) is 4.74 Å². The first kappa shape index (κ1) is 27.2. The van der Waals surface area contributed by atoms with Crippen molar-refractivity contribution < 1.29 is 19.0 Å². The van der Waals surface area contributed by atoms with Crippen LogP contribution in [0.25, 0.3) is 0 Å². The van der Waals surface area contributed by atoms with Crippen LogP contribution in [0.5, 0.6) is 5.75 Å². The average Bonchev–Trinajstić information content (AvgIpc) is 3.19. The third-order valence-corrected chi connectivity index (χ3v) is 8.88. The number of carbonyl (C=O) groups excluding carboxylic acids is 1. The van der Waals surface area contributed by atoms with Crippen molar-refractivity contribution in [1.29, 1.82) is 5.26 Å². The molecule has 1 aliphatic carbocycles. The number of anilines is 2. The second kappa shape index (κ2) is 11.0. The Bertz CT molecular complexity index is 1290. The van der Waals surface area contributed by atoms with Gasteiger partial charge in [-0.3, -0.25) is 9.69 Å². The number of piperidine rings is 1. The number of aliphatic hydroxyl groups excluding tert-OH is 1.